The number of carbonyl (C=O) groups is 1. The summed E-state index contributed by atoms with van der Waals surface area (Å²) < 4.78 is 32.0. The summed E-state index contributed by atoms with van der Waals surface area (Å²) in [4.78, 5) is 13.9. The summed E-state index contributed by atoms with van der Waals surface area (Å²) in [5.41, 5.74) is 1.43. The molecule has 0 bridgehead atoms. The number of rotatable bonds is 2. The molecule has 2 amide bonds. The molecule has 7 heteroatoms. The van der Waals surface area contributed by atoms with Crippen molar-refractivity contribution in [1.82, 2.24) is 4.90 Å². The van der Waals surface area contributed by atoms with E-state index in [-0.39, 0.29) is 19.2 Å². The van der Waals surface area contributed by atoms with Crippen molar-refractivity contribution in [2.75, 3.05) is 25.0 Å². The van der Waals surface area contributed by atoms with Gasteiger partial charge in [0.2, 0.25) is 0 Å². The van der Waals surface area contributed by atoms with Gasteiger partial charge in [-0.05, 0) is 35.9 Å². The molecule has 0 radical (unpaired) electrons. The van der Waals surface area contributed by atoms with Gasteiger partial charge in [-0.2, -0.15) is 5.26 Å². The van der Waals surface area contributed by atoms with E-state index in [2.05, 4.69) is 5.32 Å². The molecule has 1 aliphatic rings. The number of nitriles is 1. The lowest BCUT2D eigenvalue weighted by Crippen LogP contribution is -2.44. The number of halogens is 2. The van der Waals surface area contributed by atoms with E-state index >= 15 is 0 Å². The Hall–Kier alpha value is -2.98. The molecule has 0 unspecified atom stereocenters. The van der Waals surface area contributed by atoms with Crippen LogP contribution in [0.2, 0.25) is 0 Å². The van der Waals surface area contributed by atoms with Crippen LogP contribution in [0.3, 0.4) is 0 Å². The van der Waals surface area contributed by atoms with Gasteiger partial charge in [-0.15, -0.1) is 0 Å². The predicted octanol–water partition coefficient (Wildman–Crippen LogP) is 3.44. The van der Waals surface area contributed by atoms with Crippen molar-refractivity contribution in [1.29, 1.82) is 5.26 Å². The SMILES string of the molecule is N#Cc1cccc(NC(=O)N2CCO[C@H](c3ccc(F)c(F)c3)C2)c1. The first-order valence-corrected chi connectivity index (χ1v) is 7.69. The maximum Gasteiger partial charge on any atom is 0.322 e. The summed E-state index contributed by atoms with van der Waals surface area (Å²) in [5, 5.41) is 11.6. The minimum Gasteiger partial charge on any atom is -0.370 e. The van der Waals surface area contributed by atoms with E-state index in [4.69, 9.17) is 10.00 Å². The normalized spacial score (nSPS) is 17.0. The second-order valence-corrected chi connectivity index (χ2v) is 5.60. The minimum absolute atomic E-state index is 0.217. The highest BCUT2D eigenvalue weighted by atomic mass is 19.2. The molecular formula is C18H15F2N3O2. The van der Waals surface area contributed by atoms with Gasteiger partial charge >= 0.3 is 6.03 Å². The number of ether oxygens (including phenoxy) is 1. The van der Waals surface area contributed by atoms with Gasteiger partial charge in [-0.25, -0.2) is 13.6 Å². The molecule has 2 aromatic carbocycles. The average Bonchev–Trinajstić information content (AvgIpc) is 2.64. The number of nitrogens with one attached hydrogen (secondary N) is 1. The van der Waals surface area contributed by atoms with Crippen LogP contribution in [0.5, 0.6) is 0 Å². The highest BCUT2D eigenvalue weighted by Gasteiger charge is 2.26. The van der Waals surface area contributed by atoms with Gasteiger partial charge in [0.25, 0.3) is 0 Å². The molecule has 1 N–H and O–H groups in total. The van der Waals surface area contributed by atoms with Gasteiger partial charge in [-0.1, -0.05) is 12.1 Å². The van der Waals surface area contributed by atoms with E-state index in [0.29, 0.717) is 23.4 Å². The van der Waals surface area contributed by atoms with Crippen molar-refractivity contribution in [2.24, 2.45) is 0 Å². The van der Waals surface area contributed by atoms with E-state index in [9.17, 15) is 13.6 Å². The van der Waals surface area contributed by atoms with Crippen molar-refractivity contribution in [2.45, 2.75) is 6.10 Å². The average molecular weight is 343 g/mol. The number of hydrogen-bond acceptors (Lipinski definition) is 3. The Balaban J connectivity index is 1.69. The highest BCUT2D eigenvalue weighted by molar-refractivity contribution is 5.89. The second kappa shape index (κ2) is 7.28. The highest BCUT2D eigenvalue weighted by Crippen LogP contribution is 2.24. The molecule has 0 spiro atoms. The third-order valence-corrected chi connectivity index (χ3v) is 3.91. The molecule has 1 atom stereocenters. The number of anilines is 1. The number of morpholine rings is 1. The first kappa shape index (κ1) is 16.9. The molecule has 0 aromatic heterocycles. The zero-order valence-electron chi connectivity index (χ0n) is 13.2. The number of nitrogens with zero attached hydrogens (tertiary/aromatic N) is 2. The minimum atomic E-state index is -0.948. The van der Waals surface area contributed by atoms with Gasteiger partial charge < -0.3 is 15.0 Å². The Labute approximate surface area is 143 Å². The fraction of sp³-hybridized carbons (Fsp3) is 0.222. The molecule has 128 valence electrons. The lowest BCUT2D eigenvalue weighted by atomic mass is 10.1. The fourth-order valence-corrected chi connectivity index (χ4v) is 2.62. The van der Waals surface area contributed by atoms with Crippen LogP contribution in [-0.4, -0.2) is 30.6 Å². The summed E-state index contributed by atoms with van der Waals surface area (Å²) in [5.74, 6) is -1.87. The fourth-order valence-electron chi connectivity index (χ4n) is 2.62. The van der Waals surface area contributed by atoms with Gasteiger partial charge in [0.15, 0.2) is 11.6 Å². The van der Waals surface area contributed by atoms with Crippen molar-refractivity contribution < 1.29 is 18.3 Å². The van der Waals surface area contributed by atoms with E-state index in [1.165, 1.54) is 11.0 Å². The lowest BCUT2D eigenvalue weighted by molar-refractivity contribution is -0.0136. The Morgan fingerprint density at radius 1 is 1.24 bits per heavy atom. The molecule has 2 aromatic rings. The molecule has 1 fully saturated rings. The summed E-state index contributed by atoms with van der Waals surface area (Å²) in [7, 11) is 0. The quantitative estimate of drug-likeness (QED) is 0.908. The zero-order valence-corrected chi connectivity index (χ0v) is 13.2. The van der Waals surface area contributed by atoms with Crippen LogP contribution in [-0.2, 0) is 4.74 Å². The van der Waals surface area contributed by atoms with E-state index in [1.807, 2.05) is 6.07 Å². The van der Waals surface area contributed by atoms with Crippen LogP contribution < -0.4 is 5.32 Å². The summed E-state index contributed by atoms with van der Waals surface area (Å²) >= 11 is 0. The standard InChI is InChI=1S/C18H15F2N3O2/c19-15-5-4-13(9-16(15)20)17-11-23(6-7-25-17)18(24)22-14-3-1-2-12(8-14)10-21/h1-5,8-9,17H,6-7,11H2,(H,22,24)/t17-/m0/s1. The molecular weight excluding hydrogens is 328 g/mol. The number of hydrogen-bond donors (Lipinski definition) is 1. The number of benzene rings is 2. The lowest BCUT2D eigenvalue weighted by Gasteiger charge is -2.33. The van der Waals surface area contributed by atoms with Crippen LogP contribution in [0.1, 0.15) is 17.2 Å². The van der Waals surface area contributed by atoms with Gasteiger partial charge in [0, 0.05) is 12.2 Å². The van der Waals surface area contributed by atoms with E-state index < -0.39 is 17.7 Å². The summed E-state index contributed by atoms with van der Waals surface area (Å²) in [6.07, 6.45) is -0.528. The van der Waals surface area contributed by atoms with Crippen LogP contribution in [0.4, 0.5) is 19.3 Å². The Bertz CT molecular complexity index is 835. The van der Waals surface area contributed by atoms with Crippen molar-refractivity contribution in [3.8, 4) is 6.07 Å². The van der Waals surface area contributed by atoms with Crippen molar-refractivity contribution in [3.63, 3.8) is 0 Å². The molecule has 25 heavy (non-hydrogen) atoms. The molecule has 5 nitrogen and oxygen atoms in total. The Kier molecular flexibility index (Phi) is 4.91. The number of amides is 2. The second-order valence-electron chi connectivity index (χ2n) is 5.60. The van der Waals surface area contributed by atoms with Crippen molar-refractivity contribution in [3.05, 3.63) is 65.2 Å². The predicted molar refractivity (Wildman–Crippen MR) is 86.8 cm³/mol. The van der Waals surface area contributed by atoms with Crippen LogP contribution in [0, 0.1) is 23.0 Å². The largest absolute Gasteiger partial charge is 0.370 e. The first-order valence-electron chi connectivity index (χ1n) is 7.69. The smallest absolute Gasteiger partial charge is 0.322 e. The summed E-state index contributed by atoms with van der Waals surface area (Å²) in [6.45, 7) is 0.883. The third kappa shape index (κ3) is 3.92. The van der Waals surface area contributed by atoms with Gasteiger partial charge in [0.05, 0.1) is 24.8 Å². The molecule has 1 aliphatic heterocycles. The molecule has 0 aliphatic carbocycles. The van der Waals surface area contributed by atoms with Gasteiger partial charge in [-0.3, -0.25) is 0 Å². The zero-order chi connectivity index (χ0) is 17.8. The molecule has 3 rings (SSSR count). The number of carbonyl (C=O) groups excluding carboxylic acids is 1. The first-order chi connectivity index (χ1) is 12.1. The summed E-state index contributed by atoms with van der Waals surface area (Å²) in [6, 6.07) is 11.8. The topological polar surface area (TPSA) is 65.4 Å². The molecule has 0 saturated carbocycles. The third-order valence-electron chi connectivity index (χ3n) is 3.91. The maximum absolute atomic E-state index is 13.4. The maximum atomic E-state index is 13.4. The van der Waals surface area contributed by atoms with Crippen LogP contribution >= 0.6 is 0 Å². The van der Waals surface area contributed by atoms with Crippen LogP contribution in [0.15, 0.2) is 42.5 Å². The Morgan fingerprint density at radius 2 is 2.08 bits per heavy atom. The Morgan fingerprint density at radius 3 is 2.84 bits per heavy atom. The monoisotopic (exact) mass is 343 g/mol. The number of urea groups is 1. The van der Waals surface area contributed by atoms with Crippen LogP contribution in [0.25, 0.3) is 0 Å². The van der Waals surface area contributed by atoms with E-state index in [0.717, 1.165) is 12.1 Å². The van der Waals surface area contributed by atoms with Crippen molar-refractivity contribution >= 4 is 11.7 Å². The molecule has 1 heterocycles. The van der Waals surface area contributed by atoms with E-state index in [1.54, 1.807) is 24.3 Å². The molecule has 1 saturated heterocycles. The van der Waals surface area contributed by atoms with Gasteiger partial charge in [0.1, 0.15) is 6.10 Å².